The first-order valence-electron chi connectivity index (χ1n) is 8.44. The number of carbonyl (C=O) groups excluding carboxylic acids is 1. The van der Waals surface area contributed by atoms with Crippen LogP contribution in [0, 0.1) is 0 Å². The fourth-order valence-corrected chi connectivity index (χ4v) is 3.28. The van der Waals surface area contributed by atoms with Crippen LogP contribution in [0.25, 0.3) is 0 Å². The third kappa shape index (κ3) is 3.48. The Balaban J connectivity index is 1.77. The van der Waals surface area contributed by atoms with Crippen molar-refractivity contribution in [2.24, 2.45) is 0 Å². The standard InChI is InChI=1S/C15H25N5O3/c1-2-19-14(12-3-5-16-6-4-12)17-20(15(19)22)11-13(21)18-7-9-23-10-8-18/h12,16H,2-11H2,1H3. The number of amides is 1. The van der Waals surface area contributed by atoms with Crippen LogP contribution in [0.2, 0.25) is 0 Å². The number of carbonyl (C=O) groups is 1. The summed E-state index contributed by atoms with van der Waals surface area (Å²) in [6.45, 7) is 6.74. The van der Waals surface area contributed by atoms with Crippen molar-refractivity contribution in [3.05, 3.63) is 16.3 Å². The van der Waals surface area contributed by atoms with E-state index in [1.54, 1.807) is 9.47 Å². The maximum atomic E-state index is 12.5. The number of aromatic nitrogens is 3. The summed E-state index contributed by atoms with van der Waals surface area (Å²) in [5.74, 6) is 1.06. The summed E-state index contributed by atoms with van der Waals surface area (Å²) in [6, 6.07) is 0. The second kappa shape index (κ2) is 7.27. The Bertz CT molecular complexity index is 597. The molecule has 0 radical (unpaired) electrons. The molecule has 2 aliphatic rings. The predicted octanol–water partition coefficient (Wildman–Crippen LogP) is -0.609. The Hall–Kier alpha value is -1.67. The first-order valence-corrected chi connectivity index (χ1v) is 8.44. The highest BCUT2D eigenvalue weighted by atomic mass is 16.5. The Morgan fingerprint density at radius 3 is 2.65 bits per heavy atom. The van der Waals surface area contributed by atoms with E-state index < -0.39 is 0 Å². The van der Waals surface area contributed by atoms with Crippen molar-refractivity contribution in [3.63, 3.8) is 0 Å². The molecule has 23 heavy (non-hydrogen) atoms. The zero-order valence-electron chi connectivity index (χ0n) is 13.7. The van der Waals surface area contributed by atoms with E-state index in [9.17, 15) is 9.59 Å². The molecule has 0 spiro atoms. The number of piperidine rings is 1. The van der Waals surface area contributed by atoms with Crippen LogP contribution < -0.4 is 11.0 Å². The van der Waals surface area contributed by atoms with Crippen molar-refractivity contribution < 1.29 is 9.53 Å². The van der Waals surface area contributed by atoms with E-state index in [1.165, 1.54) is 4.68 Å². The van der Waals surface area contributed by atoms with Gasteiger partial charge in [0.1, 0.15) is 12.4 Å². The van der Waals surface area contributed by atoms with Gasteiger partial charge in [-0.1, -0.05) is 0 Å². The van der Waals surface area contributed by atoms with E-state index in [-0.39, 0.29) is 18.1 Å². The Morgan fingerprint density at radius 1 is 1.30 bits per heavy atom. The average molecular weight is 323 g/mol. The number of hydrogen-bond donors (Lipinski definition) is 1. The summed E-state index contributed by atoms with van der Waals surface area (Å²) in [7, 11) is 0. The van der Waals surface area contributed by atoms with Gasteiger partial charge in [-0.15, -0.1) is 0 Å². The highest BCUT2D eigenvalue weighted by Gasteiger charge is 2.25. The smallest absolute Gasteiger partial charge is 0.346 e. The third-order valence-electron chi connectivity index (χ3n) is 4.62. The fraction of sp³-hybridized carbons (Fsp3) is 0.800. The Kier molecular flexibility index (Phi) is 5.12. The van der Waals surface area contributed by atoms with Crippen molar-refractivity contribution in [3.8, 4) is 0 Å². The van der Waals surface area contributed by atoms with E-state index >= 15 is 0 Å². The molecule has 2 aliphatic heterocycles. The van der Waals surface area contributed by atoms with Gasteiger partial charge < -0.3 is 15.0 Å². The van der Waals surface area contributed by atoms with E-state index in [0.29, 0.717) is 38.8 Å². The van der Waals surface area contributed by atoms with Gasteiger partial charge in [-0.25, -0.2) is 9.48 Å². The normalized spacial score (nSPS) is 20.0. The van der Waals surface area contributed by atoms with E-state index in [1.807, 2.05) is 6.92 Å². The minimum atomic E-state index is -0.178. The van der Waals surface area contributed by atoms with Gasteiger partial charge >= 0.3 is 5.69 Å². The second-order valence-electron chi connectivity index (χ2n) is 6.06. The molecule has 0 saturated carbocycles. The maximum absolute atomic E-state index is 12.5. The van der Waals surface area contributed by atoms with Gasteiger partial charge in [-0.2, -0.15) is 5.10 Å². The molecule has 1 amide bonds. The Morgan fingerprint density at radius 2 is 2.00 bits per heavy atom. The summed E-state index contributed by atoms with van der Waals surface area (Å²) < 4.78 is 8.30. The van der Waals surface area contributed by atoms with Gasteiger partial charge in [0.05, 0.1) is 13.2 Å². The van der Waals surface area contributed by atoms with Crippen LogP contribution in [0.1, 0.15) is 31.5 Å². The van der Waals surface area contributed by atoms with Crippen LogP contribution in [-0.4, -0.2) is 64.5 Å². The number of rotatable bonds is 4. The highest BCUT2D eigenvalue weighted by molar-refractivity contribution is 5.75. The van der Waals surface area contributed by atoms with Crippen molar-refractivity contribution in [1.29, 1.82) is 0 Å². The summed E-state index contributed by atoms with van der Waals surface area (Å²) >= 11 is 0. The minimum Gasteiger partial charge on any atom is -0.378 e. The van der Waals surface area contributed by atoms with Crippen LogP contribution >= 0.6 is 0 Å². The molecule has 0 bridgehead atoms. The molecule has 2 saturated heterocycles. The van der Waals surface area contributed by atoms with Crippen LogP contribution in [0.4, 0.5) is 0 Å². The van der Waals surface area contributed by atoms with E-state index in [4.69, 9.17) is 4.74 Å². The van der Waals surface area contributed by atoms with Crippen LogP contribution in [0.3, 0.4) is 0 Å². The lowest BCUT2D eigenvalue weighted by Crippen LogP contribution is -2.43. The van der Waals surface area contributed by atoms with Crippen LogP contribution in [-0.2, 0) is 22.6 Å². The molecule has 0 atom stereocenters. The van der Waals surface area contributed by atoms with Gasteiger partial charge in [0.15, 0.2) is 0 Å². The van der Waals surface area contributed by atoms with Crippen molar-refractivity contribution in [1.82, 2.24) is 24.6 Å². The lowest BCUT2D eigenvalue weighted by atomic mass is 9.97. The molecule has 1 aromatic heterocycles. The molecule has 1 N–H and O–H groups in total. The molecular formula is C15H25N5O3. The number of nitrogens with zero attached hydrogens (tertiary/aromatic N) is 4. The zero-order valence-corrected chi connectivity index (χ0v) is 13.7. The molecule has 3 heterocycles. The predicted molar refractivity (Wildman–Crippen MR) is 84.4 cm³/mol. The summed E-state index contributed by atoms with van der Waals surface area (Å²) in [5, 5.41) is 7.82. The zero-order chi connectivity index (χ0) is 16.2. The first kappa shape index (κ1) is 16.2. The quantitative estimate of drug-likeness (QED) is 0.799. The number of hydrogen-bond acceptors (Lipinski definition) is 5. The van der Waals surface area contributed by atoms with Crippen LogP contribution in [0.15, 0.2) is 4.79 Å². The van der Waals surface area contributed by atoms with E-state index in [0.717, 1.165) is 31.8 Å². The molecule has 0 unspecified atom stereocenters. The molecular weight excluding hydrogens is 298 g/mol. The SMILES string of the molecule is CCn1c(C2CCNCC2)nn(CC(=O)N2CCOCC2)c1=O. The van der Waals surface area contributed by atoms with Gasteiger partial charge in [0.25, 0.3) is 0 Å². The summed E-state index contributed by atoms with van der Waals surface area (Å²) in [6.07, 6.45) is 1.96. The van der Waals surface area contributed by atoms with Crippen molar-refractivity contribution in [2.45, 2.75) is 38.8 Å². The fourth-order valence-electron chi connectivity index (χ4n) is 3.28. The minimum absolute atomic E-state index is 0.0177. The van der Waals surface area contributed by atoms with Gasteiger partial charge in [0, 0.05) is 25.6 Å². The van der Waals surface area contributed by atoms with Gasteiger partial charge in [0.2, 0.25) is 5.91 Å². The molecule has 0 aliphatic carbocycles. The topological polar surface area (TPSA) is 81.4 Å². The third-order valence-corrected chi connectivity index (χ3v) is 4.62. The van der Waals surface area contributed by atoms with Gasteiger partial charge in [-0.3, -0.25) is 9.36 Å². The van der Waals surface area contributed by atoms with Crippen molar-refractivity contribution in [2.75, 3.05) is 39.4 Å². The van der Waals surface area contributed by atoms with Gasteiger partial charge in [-0.05, 0) is 32.9 Å². The molecule has 128 valence electrons. The number of morpholine rings is 1. The monoisotopic (exact) mass is 323 g/mol. The maximum Gasteiger partial charge on any atom is 0.346 e. The summed E-state index contributed by atoms with van der Waals surface area (Å²) in [4.78, 5) is 26.6. The molecule has 1 aromatic rings. The Labute approximate surface area is 135 Å². The largest absolute Gasteiger partial charge is 0.378 e. The number of ether oxygens (including phenoxy) is 1. The van der Waals surface area contributed by atoms with E-state index in [2.05, 4.69) is 10.4 Å². The second-order valence-corrected chi connectivity index (χ2v) is 6.06. The average Bonchev–Trinajstić information content (AvgIpc) is 2.92. The number of nitrogens with one attached hydrogen (secondary N) is 1. The van der Waals surface area contributed by atoms with Crippen molar-refractivity contribution >= 4 is 5.91 Å². The molecule has 8 nitrogen and oxygen atoms in total. The summed E-state index contributed by atoms with van der Waals surface area (Å²) in [5.41, 5.74) is -0.178. The van der Waals surface area contributed by atoms with Crippen LogP contribution in [0.5, 0.6) is 0 Å². The molecule has 8 heteroatoms. The lowest BCUT2D eigenvalue weighted by Gasteiger charge is -2.26. The lowest BCUT2D eigenvalue weighted by molar-refractivity contribution is -0.136. The molecule has 2 fully saturated rings. The first-order chi connectivity index (χ1) is 11.2. The highest BCUT2D eigenvalue weighted by Crippen LogP contribution is 2.22. The molecule has 0 aromatic carbocycles. The molecule has 3 rings (SSSR count).